The Morgan fingerprint density at radius 2 is 1.67 bits per heavy atom. The molecule has 0 saturated carbocycles. The Morgan fingerprint density at radius 3 is 2.26 bits per heavy atom. The number of phenolic OH excluding ortho intramolecular Hbond substituents is 2. The second kappa shape index (κ2) is 14.5. The minimum Gasteiger partial charge on any atom is -0.507 e. The van der Waals surface area contributed by atoms with Crippen LogP contribution >= 0.6 is 0 Å². The van der Waals surface area contributed by atoms with Crippen molar-refractivity contribution in [1.82, 2.24) is 10.6 Å². The van der Waals surface area contributed by atoms with Crippen molar-refractivity contribution in [3.63, 3.8) is 0 Å². The summed E-state index contributed by atoms with van der Waals surface area (Å²) in [5.41, 5.74) is 7.80. The minimum atomic E-state index is -4.89. The number of nitrogens with one attached hydrogen (secondary N) is 2. The van der Waals surface area contributed by atoms with Crippen molar-refractivity contribution in [2.45, 2.75) is 49.3 Å². The molecule has 1 saturated heterocycles. The summed E-state index contributed by atoms with van der Waals surface area (Å²) in [5, 5.41) is 73.9. The van der Waals surface area contributed by atoms with E-state index in [0.717, 1.165) is 12.1 Å². The number of carboxylic acids is 1. The minimum absolute atomic E-state index is 0.362. The van der Waals surface area contributed by atoms with Crippen LogP contribution in [0.1, 0.15) is 33.9 Å². The highest BCUT2D eigenvalue weighted by Crippen LogP contribution is 2.39. The lowest BCUT2D eigenvalue weighted by Gasteiger charge is -2.39. The van der Waals surface area contributed by atoms with Crippen molar-refractivity contribution in [3.05, 3.63) is 47.0 Å². The van der Waals surface area contributed by atoms with Gasteiger partial charge in [-0.3, -0.25) is 14.4 Å². The summed E-state index contributed by atoms with van der Waals surface area (Å²) in [7, 11) is 0. The Hall–Kier alpha value is -4.89. The third kappa shape index (κ3) is 8.85. The van der Waals surface area contributed by atoms with E-state index in [1.54, 1.807) is 0 Å². The van der Waals surface area contributed by atoms with Gasteiger partial charge in [-0.2, -0.15) is 13.2 Å². The van der Waals surface area contributed by atoms with Crippen molar-refractivity contribution in [1.29, 1.82) is 0 Å². The van der Waals surface area contributed by atoms with Crippen LogP contribution in [-0.4, -0.2) is 103 Å². The normalized spacial score (nSPS) is 21.9. The number of hydrogen-bond acceptors (Lipinski definition) is 12. The SMILES string of the molecule is NC(N)=Nc1cc(C(=O)NCC(=O)NC(CC(=O)O)c2cc(OC3OC(CO)C(O)C(O)C3O)c(O)cc2O)cc(C(F)(F)F)c1. The molecule has 2 amide bonds. The molecule has 1 heterocycles. The Bertz CT molecular complexity index is 1490. The summed E-state index contributed by atoms with van der Waals surface area (Å²) in [6, 6.07) is 1.98. The summed E-state index contributed by atoms with van der Waals surface area (Å²) in [6.07, 6.45) is -14.4. The number of carbonyl (C=O) groups is 3. The molecule has 0 radical (unpaired) electrons. The number of hydrogen-bond donors (Lipinski definition) is 11. The van der Waals surface area contributed by atoms with Crippen LogP contribution in [0.5, 0.6) is 17.2 Å². The van der Waals surface area contributed by atoms with Crippen LogP contribution in [-0.2, 0) is 20.5 Å². The number of carboxylic acid groups (broad SMARTS) is 1. The van der Waals surface area contributed by atoms with Gasteiger partial charge in [-0.1, -0.05) is 0 Å². The van der Waals surface area contributed by atoms with E-state index in [1.807, 2.05) is 0 Å². The molecule has 20 heteroatoms. The molecule has 1 fully saturated rings. The summed E-state index contributed by atoms with van der Waals surface area (Å²) >= 11 is 0. The first kappa shape index (κ1) is 35.6. The molecular weight excluding hydrogens is 631 g/mol. The summed E-state index contributed by atoms with van der Waals surface area (Å²) < 4.78 is 50.5. The molecule has 13 N–H and O–H groups in total. The maximum Gasteiger partial charge on any atom is 0.416 e. The van der Waals surface area contributed by atoms with Gasteiger partial charge in [-0.25, -0.2) is 4.99 Å². The lowest BCUT2D eigenvalue weighted by Crippen LogP contribution is -2.60. The van der Waals surface area contributed by atoms with Crippen LogP contribution in [0.2, 0.25) is 0 Å². The zero-order valence-electron chi connectivity index (χ0n) is 23.4. The van der Waals surface area contributed by atoms with Gasteiger partial charge in [0.1, 0.15) is 30.2 Å². The van der Waals surface area contributed by atoms with Gasteiger partial charge in [0.2, 0.25) is 12.2 Å². The van der Waals surface area contributed by atoms with E-state index in [1.165, 1.54) is 0 Å². The van der Waals surface area contributed by atoms with Crippen LogP contribution < -0.4 is 26.8 Å². The van der Waals surface area contributed by atoms with Gasteiger partial charge in [0.15, 0.2) is 17.5 Å². The highest BCUT2D eigenvalue weighted by molar-refractivity contribution is 5.97. The fourth-order valence-electron chi connectivity index (χ4n) is 4.28. The zero-order valence-corrected chi connectivity index (χ0v) is 23.4. The van der Waals surface area contributed by atoms with E-state index in [0.29, 0.717) is 18.2 Å². The second-order valence-electron chi connectivity index (χ2n) is 9.90. The Labute approximate surface area is 256 Å². The van der Waals surface area contributed by atoms with Crippen LogP contribution in [0.3, 0.4) is 0 Å². The number of aliphatic hydroxyl groups is 4. The molecular formula is C26H30F3N5O12. The third-order valence-electron chi connectivity index (χ3n) is 6.46. The molecule has 1 aliphatic heterocycles. The van der Waals surface area contributed by atoms with Gasteiger partial charge >= 0.3 is 12.1 Å². The Balaban J connectivity index is 1.80. The molecule has 0 spiro atoms. The van der Waals surface area contributed by atoms with Gasteiger partial charge in [-0.05, 0) is 24.3 Å². The standard InChI is InChI=1S/C26H30F3N5O12/c27-26(28,29)10-1-9(2-11(3-10)33-25(30)31)23(44)32-7-18(38)34-13(5-19(39)40)12-4-16(15(37)6-14(12)36)45-24-22(43)21(42)20(41)17(8-35)46-24/h1-4,6,13,17,20-22,24,35-37,41-43H,5,7-8H2,(H,32,44)(H,34,38)(H,39,40)(H4,30,31,33). The number of aliphatic hydroxyl groups excluding tert-OH is 4. The number of carbonyl (C=O) groups excluding carboxylic acids is 2. The zero-order chi connectivity index (χ0) is 34.5. The number of aliphatic carboxylic acids is 1. The smallest absolute Gasteiger partial charge is 0.416 e. The fraction of sp³-hybridized carbons (Fsp3) is 0.385. The molecule has 1 aliphatic rings. The van der Waals surface area contributed by atoms with Gasteiger partial charge in [-0.15, -0.1) is 0 Å². The molecule has 46 heavy (non-hydrogen) atoms. The molecule has 0 bridgehead atoms. The van der Waals surface area contributed by atoms with E-state index >= 15 is 0 Å². The molecule has 6 unspecified atom stereocenters. The van der Waals surface area contributed by atoms with Gasteiger partial charge in [0, 0.05) is 17.2 Å². The van der Waals surface area contributed by atoms with Crippen molar-refractivity contribution in [3.8, 4) is 17.2 Å². The molecule has 3 rings (SSSR count). The number of alkyl halides is 3. The number of nitrogens with zero attached hydrogens (tertiary/aromatic N) is 1. The largest absolute Gasteiger partial charge is 0.507 e. The summed E-state index contributed by atoms with van der Waals surface area (Å²) in [5.74, 6) is -6.39. The van der Waals surface area contributed by atoms with Crippen molar-refractivity contribution >= 4 is 29.4 Å². The molecule has 0 aliphatic carbocycles. The van der Waals surface area contributed by atoms with E-state index in [2.05, 4.69) is 15.6 Å². The highest BCUT2D eigenvalue weighted by Gasteiger charge is 2.45. The van der Waals surface area contributed by atoms with Crippen LogP contribution in [0.15, 0.2) is 35.3 Å². The van der Waals surface area contributed by atoms with Crippen molar-refractivity contribution in [2.75, 3.05) is 13.2 Å². The molecule has 17 nitrogen and oxygen atoms in total. The van der Waals surface area contributed by atoms with Gasteiger partial charge in [0.25, 0.3) is 5.91 Å². The number of ether oxygens (including phenoxy) is 2. The maximum absolute atomic E-state index is 13.3. The highest BCUT2D eigenvalue weighted by atomic mass is 19.4. The number of nitrogens with two attached hydrogens (primary N) is 2. The van der Waals surface area contributed by atoms with Crippen LogP contribution in [0, 0.1) is 0 Å². The number of guanidine groups is 1. The van der Waals surface area contributed by atoms with Crippen molar-refractivity contribution < 1.29 is 72.8 Å². The van der Waals surface area contributed by atoms with Gasteiger partial charge in [0.05, 0.1) is 36.9 Å². The number of phenols is 2. The van der Waals surface area contributed by atoms with E-state index < -0.39 is 120 Å². The molecule has 2 aromatic rings. The lowest BCUT2D eigenvalue weighted by molar-refractivity contribution is -0.277. The third-order valence-corrected chi connectivity index (χ3v) is 6.46. The first-order valence-electron chi connectivity index (χ1n) is 13.1. The topological polar surface area (TPSA) is 300 Å². The number of amides is 2. The van der Waals surface area contributed by atoms with E-state index in [4.69, 9.17) is 20.9 Å². The monoisotopic (exact) mass is 661 g/mol. The van der Waals surface area contributed by atoms with Crippen LogP contribution in [0.25, 0.3) is 0 Å². The number of aromatic hydroxyl groups is 2. The van der Waals surface area contributed by atoms with E-state index in [-0.39, 0.29) is 5.56 Å². The average Bonchev–Trinajstić information content (AvgIpc) is 2.95. The number of halogens is 3. The lowest BCUT2D eigenvalue weighted by atomic mass is 9.99. The predicted octanol–water partition coefficient (Wildman–Crippen LogP) is -1.74. The number of benzene rings is 2. The summed E-state index contributed by atoms with van der Waals surface area (Å²) in [6.45, 7) is -1.69. The van der Waals surface area contributed by atoms with Crippen molar-refractivity contribution in [2.24, 2.45) is 16.5 Å². The quantitative estimate of drug-likeness (QED) is 0.0942. The predicted molar refractivity (Wildman–Crippen MR) is 147 cm³/mol. The number of aliphatic imine (C=N–C) groups is 1. The Kier molecular flexibility index (Phi) is 11.2. The molecule has 0 aromatic heterocycles. The maximum atomic E-state index is 13.3. The fourth-order valence-corrected chi connectivity index (χ4v) is 4.28. The second-order valence-corrected chi connectivity index (χ2v) is 9.90. The Morgan fingerprint density at radius 1 is 1.00 bits per heavy atom. The summed E-state index contributed by atoms with van der Waals surface area (Å²) in [4.78, 5) is 40.4. The first-order chi connectivity index (χ1) is 21.4. The molecule has 252 valence electrons. The number of rotatable bonds is 11. The van der Waals surface area contributed by atoms with Gasteiger partial charge < -0.3 is 67.3 Å². The van der Waals surface area contributed by atoms with Crippen LogP contribution in [0.4, 0.5) is 18.9 Å². The average molecular weight is 662 g/mol. The van der Waals surface area contributed by atoms with E-state index in [9.17, 15) is 63.3 Å². The molecule has 2 aromatic carbocycles. The molecule has 6 atom stereocenters. The first-order valence-corrected chi connectivity index (χ1v) is 13.1.